The minimum Gasteiger partial charge on any atom is -0.370 e. The van der Waals surface area contributed by atoms with Gasteiger partial charge in [-0.2, -0.15) is 0 Å². The highest BCUT2D eigenvalue weighted by Crippen LogP contribution is 2.05. The molecule has 16 heteroatoms. The van der Waals surface area contributed by atoms with Crippen LogP contribution in [-0.4, -0.2) is 78.8 Å². The number of Topliss-reactive ketones (excluding diaryl/α,β-unsaturated/α-hetero) is 1. The number of rotatable bonds is 18. The molecule has 0 aromatic carbocycles. The fourth-order valence-corrected chi connectivity index (χ4v) is 2.99. The molecule has 0 unspecified atom stereocenters. The van der Waals surface area contributed by atoms with Crippen LogP contribution in [0, 0.1) is 0 Å². The molecular weight excluding hydrogens is 476 g/mol. The van der Waals surface area contributed by atoms with Gasteiger partial charge < -0.3 is 44.6 Å². The van der Waals surface area contributed by atoms with Crippen LogP contribution in [0.2, 0.25) is 0 Å². The maximum absolute atomic E-state index is 12.9. The zero-order valence-corrected chi connectivity index (χ0v) is 20.2. The lowest BCUT2D eigenvalue weighted by Gasteiger charge is -2.24. The van der Waals surface area contributed by atoms with E-state index in [1.165, 1.54) is 6.92 Å². The number of nitrogens with two attached hydrogens (primary N) is 5. The molecule has 0 saturated heterocycles. The van der Waals surface area contributed by atoms with Crippen LogP contribution in [0.25, 0.3) is 0 Å². The van der Waals surface area contributed by atoms with Crippen LogP contribution in [0.5, 0.6) is 0 Å². The molecule has 0 aromatic heterocycles. The maximum atomic E-state index is 12.9. The normalized spacial score (nSPS) is 12.7. The Morgan fingerprint density at radius 3 is 1.58 bits per heavy atom. The minimum absolute atomic E-state index is 0.0376. The molecule has 0 aliphatic carbocycles. The lowest BCUT2D eigenvalue weighted by molar-refractivity contribution is -0.135. The van der Waals surface area contributed by atoms with Gasteiger partial charge >= 0.3 is 0 Å². The molecule has 0 bridgehead atoms. The number of primary amides is 1. The number of amides is 4. The van der Waals surface area contributed by atoms with E-state index < -0.39 is 47.5 Å². The monoisotopic (exact) mass is 512 g/mol. The lowest BCUT2D eigenvalue weighted by Crippen LogP contribution is -2.55. The third-order valence-electron chi connectivity index (χ3n) is 4.67. The third-order valence-corrected chi connectivity index (χ3v) is 4.67. The fourth-order valence-electron chi connectivity index (χ4n) is 2.99. The van der Waals surface area contributed by atoms with Gasteiger partial charge in [-0.25, -0.2) is 0 Å². The largest absolute Gasteiger partial charge is 0.370 e. The molecule has 0 rings (SSSR count). The molecule has 36 heavy (non-hydrogen) atoms. The van der Waals surface area contributed by atoms with E-state index in [2.05, 4.69) is 25.9 Å². The topological polar surface area (TPSA) is 293 Å². The molecule has 0 fully saturated rings. The first-order valence-electron chi connectivity index (χ1n) is 11.1. The number of nitrogens with zero attached hydrogens (tertiary/aromatic N) is 2. The van der Waals surface area contributed by atoms with E-state index in [0.717, 1.165) is 0 Å². The van der Waals surface area contributed by atoms with Crippen molar-refractivity contribution < 1.29 is 28.8 Å². The highest BCUT2D eigenvalue weighted by Gasteiger charge is 2.29. The van der Waals surface area contributed by atoms with Crippen molar-refractivity contribution in [2.75, 3.05) is 13.1 Å². The van der Waals surface area contributed by atoms with Crippen molar-refractivity contribution in [3.8, 4) is 0 Å². The number of carbonyl (C=O) groups excluding carboxylic acids is 6. The summed E-state index contributed by atoms with van der Waals surface area (Å²) < 4.78 is 0. The highest BCUT2D eigenvalue weighted by molar-refractivity contribution is 6.28. The second-order valence-electron chi connectivity index (χ2n) is 7.80. The summed E-state index contributed by atoms with van der Waals surface area (Å²) in [6.07, 6.45) is 0.389. The molecule has 0 spiro atoms. The number of guanidine groups is 2. The number of hydrogen-bond acceptors (Lipinski definition) is 8. The molecule has 3 atom stereocenters. The van der Waals surface area contributed by atoms with Gasteiger partial charge in [-0.1, -0.05) is 0 Å². The smallest absolute Gasteiger partial charge is 0.243 e. The van der Waals surface area contributed by atoms with Crippen LogP contribution in [-0.2, 0) is 28.8 Å². The number of aldehydes is 1. The van der Waals surface area contributed by atoms with Crippen LogP contribution in [0.4, 0.5) is 0 Å². The summed E-state index contributed by atoms with van der Waals surface area (Å²) in [4.78, 5) is 79.2. The van der Waals surface area contributed by atoms with E-state index in [1.807, 2.05) is 0 Å². The summed E-state index contributed by atoms with van der Waals surface area (Å²) in [6.45, 7) is 1.57. The van der Waals surface area contributed by atoms with Crippen molar-refractivity contribution >= 4 is 47.6 Å². The zero-order chi connectivity index (χ0) is 27.7. The zero-order valence-electron chi connectivity index (χ0n) is 20.2. The minimum atomic E-state index is -1.29. The summed E-state index contributed by atoms with van der Waals surface area (Å²) in [6, 6.07) is -3.53. The molecule has 0 heterocycles. The molecule has 202 valence electrons. The summed E-state index contributed by atoms with van der Waals surface area (Å²) in [5.41, 5.74) is 26.2. The predicted molar refractivity (Wildman–Crippen MR) is 131 cm³/mol. The number of nitrogens with one attached hydrogen (secondary N) is 3. The highest BCUT2D eigenvalue weighted by atomic mass is 16.2. The first-order valence-corrected chi connectivity index (χ1v) is 11.1. The van der Waals surface area contributed by atoms with Gasteiger partial charge in [0.2, 0.25) is 29.4 Å². The summed E-state index contributed by atoms with van der Waals surface area (Å²) in [5.74, 6) is -3.94. The number of hydrogen-bond donors (Lipinski definition) is 8. The summed E-state index contributed by atoms with van der Waals surface area (Å²) in [5, 5.41) is 7.33. The maximum Gasteiger partial charge on any atom is 0.243 e. The first-order chi connectivity index (χ1) is 16.9. The lowest BCUT2D eigenvalue weighted by atomic mass is 10.0. The van der Waals surface area contributed by atoms with Gasteiger partial charge in [-0.3, -0.25) is 38.8 Å². The standard InChI is InChI=1S/C20H36N10O6/c1-11(32)28-13(5-3-9-27-20(24)25)17(35)30-14(6-7-16(21)34)18(36)29-12(15(33)10-31)4-2-8-26-19(22)23/h10,12-14H,2-9H2,1H3,(H2,21,34)(H,28,32)(H,29,36)(H,30,35)(H4,22,23,26)(H4,24,25,27)/t12-,13-,14-/m0/s1. The van der Waals surface area contributed by atoms with Gasteiger partial charge in [0.15, 0.2) is 18.2 Å². The molecule has 0 aliphatic heterocycles. The Kier molecular flexibility index (Phi) is 15.2. The van der Waals surface area contributed by atoms with Gasteiger partial charge in [0.1, 0.15) is 12.1 Å². The van der Waals surface area contributed by atoms with E-state index in [1.54, 1.807) is 0 Å². The van der Waals surface area contributed by atoms with Crippen LogP contribution in [0.15, 0.2) is 9.98 Å². The van der Waals surface area contributed by atoms with Crippen molar-refractivity contribution in [3.05, 3.63) is 0 Å². The van der Waals surface area contributed by atoms with Crippen molar-refractivity contribution in [2.45, 2.75) is 63.6 Å². The van der Waals surface area contributed by atoms with Gasteiger partial charge in [0, 0.05) is 26.4 Å². The molecular formula is C20H36N10O6. The Bertz CT molecular complexity index is 852. The quantitative estimate of drug-likeness (QED) is 0.0286. The molecule has 16 nitrogen and oxygen atoms in total. The summed E-state index contributed by atoms with van der Waals surface area (Å²) in [7, 11) is 0. The fraction of sp³-hybridized carbons (Fsp3) is 0.600. The van der Waals surface area contributed by atoms with Crippen molar-refractivity contribution in [1.82, 2.24) is 16.0 Å². The Morgan fingerprint density at radius 1 is 0.722 bits per heavy atom. The Balaban J connectivity index is 5.48. The first kappa shape index (κ1) is 31.8. The second kappa shape index (κ2) is 17.2. The van der Waals surface area contributed by atoms with E-state index in [4.69, 9.17) is 28.7 Å². The average Bonchev–Trinajstić information content (AvgIpc) is 2.78. The van der Waals surface area contributed by atoms with Crippen LogP contribution < -0.4 is 44.6 Å². The van der Waals surface area contributed by atoms with Crippen molar-refractivity contribution in [3.63, 3.8) is 0 Å². The van der Waals surface area contributed by atoms with Crippen LogP contribution in [0.1, 0.15) is 45.4 Å². The molecule has 0 saturated carbocycles. The van der Waals surface area contributed by atoms with E-state index in [-0.39, 0.29) is 63.4 Å². The van der Waals surface area contributed by atoms with Crippen molar-refractivity contribution in [1.29, 1.82) is 0 Å². The van der Waals surface area contributed by atoms with Crippen LogP contribution in [0.3, 0.4) is 0 Å². The van der Waals surface area contributed by atoms with Gasteiger partial charge in [-0.15, -0.1) is 0 Å². The van der Waals surface area contributed by atoms with Gasteiger partial charge in [0.05, 0.1) is 6.04 Å². The Labute approximate surface area is 208 Å². The SMILES string of the molecule is CC(=O)N[C@@H](CCCN=C(N)N)C(=O)N[C@@H](CCC(N)=O)C(=O)N[C@@H](CCCN=C(N)N)C(=O)C=O. The number of aliphatic imine (C=N–C) groups is 2. The van der Waals surface area contributed by atoms with Gasteiger partial charge in [-0.05, 0) is 32.1 Å². The molecule has 0 aromatic rings. The number of carbonyl (C=O) groups is 6. The van der Waals surface area contributed by atoms with Gasteiger partial charge in [0.25, 0.3) is 0 Å². The average molecular weight is 513 g/mol. The van der Waals surface area contributed by atoms with Crippen LogP contribution >= 0.6 is 0 Å². The number of ketones is 1. The molecule has 13 N–H and O–H groups in total. The van der Waals surface area contributed by atoms with Crippen molar-refractivity contribution in [2.24, 2.45) is 38.7 Å². The predicted octanol–water partition coefficient (Wildman–Crippen LogP) is -4.40. The van der Waals surface area contributed by atoms with E-state index >= 15 is 0 Å². The Morgan fingerprint density at radius 2 is 1.17 bits per heavy atom. The third kappa shape index (κ3) is 14.8. The second-order valence-corrected chi connectivity index (χ2v) is 7.80. The summed E-state index contributed by atoms with van der Waals surface area (Å²) >= 11 is 0. The Hall–Kier alpha value is -4.24. The molecule has 0 aliphatic rings. The molecule has 0 radical (unpaired) electrons. The van der Waals surface area contributed by atoms with E-state index in [0.29, 0.717) is 6.42 Å². The molecule has 4 amide bonds. The van der Waals surface area contributed by atoms with E-state index in [9.17, 15) is 28.8 Å².